The van der Waals surface area contributed by atoms with E-state index in [9.17, 15) is 19.2 Å². The molecule has 0 aromatic carbocycles. The summed E-state index contributed by atoms with van der Waals surface area (Å²) in [6.45, 7) is 11.6. The normalized spacial score (nSPS) is 10.8. The average molecular weight is 475 g/mol. The summed E-state index contributed by atoms with van der Waals surface area (Å²) in [7, 11) is 0. The van der Waals surface area contributed by atoms with E-state index in [0.717, 1.165) is 6.42 Å². The number of carbonyl (C=O) groups is 4. The molecular formula is C23H42N2O8. The van der Waals surface area contributed by atoms with Crippen LogP contribution in [-0.2, 0) is 38.1 Å². The lowest BCUT2D eigenvalue weighted by Crippen LogP contribution is -2.35. The van der Waals surface area contributed by atoms with Gasteiger partial charge in [0.2, 0.25) is 0 Å². The number of esters is 4. The zero-order valence-electron chi connectivity index (χ0n) is 20.8. The van der Waals surface area contributed by atoms with Crippen LogP contribution in [0, 0.1) is 0 Å². The van der Waals surface area contributed by atoms with Crippen molar-refractivity contribution in [3.05, 3.63) is 0 Å². The van der Waals surface area contributed by atoms with Gasteiger partial charge in [-0.3, -0.25) is 19.2 Å². The highest BCUT2D eigenvalue weighted by atomic mass is 16.5. The van der Waals surface area contributed by atoms with Gasteiger partial charge in [0.1, 0.15) is 0 Å². The van der Waals surface area contributed by atoms with Crippen LogP contribution < -0.4 is 0 Å². The van der Waals surface area contributed by atoms with Gasteiger partial charge in [0.25, 0.3) is 0 Å². The van der Waals surface area contributed by atoms with Crippen LogP contribution in [0.3, 0.4) is 0 Å². The number of nitrogens with zero attached hydrogens (tertiary/aromatic N) is 2. The van der Waals surface area contributed by atoms with Gasteiger partial charge in [0.15, 0.2) is 0 Å². The second kappa shape index (κ2) is 20.4. The number of rotatable bonds is 20. The zero-order valence-corrected chi connectivity index (χ0v) is 20.8. The zero-order chi connectivity index (χ0) is 24.9. The lowest BCUT2D eigenvalue weighted by molar-refractivity contribution is -0.145. The van der Waals surface area contributed by atoms with E-state index in [4.69, 9.17) is 18.9 Å². The van der Waals surface area contributed by atoms with E-state index < -0.39 is 0 Å². The number of hydrogen-bond acceptors (Lipinski definition) is 10. The lowest BCUT2D eigenvalue weighted by atomic mass is 10.2. The second-order valence-electron chi connectivity index (χ2n) is 7.26. The van der Waals surface area contributed by atoms with Crippen molar-refractivity contribution in [3.8, 4) is 0 Å². The summed E-state index contributed by atoms with van der Waals surface area (Å²) in [4.78, 5) is 51.0. The van der Waals surface area contributed by atoms with E-state index in [-0.39, 0.29) is 49.6 Å². The third kappa shape index (κ3) is 18.0. The molecule has 0 saturated carbocycles. The van der Waals surface area contributed by atoms with Crippen molar-refractivity contribution < 1.29 is 38.1 Å². The smallest absolute Gasteiger partial charge is 0.307 e. The minimum Gasteiger partial charge on any atom is -0.466 e. The van der Waals surface area contributed by atoms with Crippen LogP contribution >= 0.6 is 0 Å². The highest BCUT2D eigenvalue weighted by molar-refractivity contribution is 5.70. The van der Waals surface area contributed by atoms with Crippen molar-refractivity contribution in [1.29, 1.82) is 0 Å². The quantitative estimate of drug-likeness (QED) is 0.191. The second-order valence-corrected chi connectivity index (χ2v) is 7.26. The van der Waals surface area contributed by atoms with Gasteiger partial charge in [-0.15, -0.1) is 0 Å². The van der Waals surface area contributed by atoms with Crippen molar-refractivity contribution in [2.75, 3.05) is 65.7 Å². The fourth-order valence-electron chi connectivity index (χ4n) is 3.12. The molecule has 0 aromatic rings. The first-order chi connectivity index (χ1) is 15.9. The van der Waals surface area contributed by atoms with Gasteiger partial charge in [-0.1, -0.05) is 0 Å². The Hall–Kier alpha value is -2.20. The van der Waals surface area contributed by atoms with E-state index in [1.54, 1.807) is 27.7 Å². The molecule has 0 aliphatic rings. The summed E-state index contributed by atoms with van der Waals surface area (Å²) in [6.07, 6.45) is 1.70. The predicted octanol–water partition coefficient (Wildman–Crippen LogP) is 1.79. The summed E-state index contributed by atoms with van der Waals surface area (Å²) in [5.41, 5.74) is 0. The number of ether oxygens (including phenoxy) is 4. The maximum atomic E-state index is 11.7. The fourth-order valence-corrected chi connectivity index (χ4v) is 3.12. The highest BCUT2D eigenvalue weighted by Crippen LogP contribution is 2.04. The fraction of sp³-hybridized carbons (Fsp3) is 0.826. The first-order valence-corrected chi connectivity index (χ1v) is 11.9. The number of carbonyl (C=O) groups excluding carboxylic acids is 4. The monoisotopic (exact) mass is 474 g/mol. The van der Waals surface area contributed by atoms with E-state index in [0.29, 0.717) is 65.7 Å². The van der Waals surface area contributed by atoms with Gasteiger partial charge in [0, 0.05) is 26.2 Å². The summed E-state index contributed by atoms with van der Waals surface area (Å²) >= 11 is 0. The topological polar surface area (TPSA) is 112 Å². The molecule has 0 unspecified atom stereocenters. The molecule has 0 aliphatic heterocycles. The maximum absolute atomic E-state index is 11.7. The van der Waals surface area contributed by atoms with Crippen LogP contribution in [-0.4, -0.2) is 99.4 Å². The first kappa shape index (κ1) is 30.8. The molecule has 0 aliphatic carbocycles. The van der Waals surface area contributed by atoms with Crippen LogP contribution in [0.4, 0.5) is 0 Å². The van der Waals surface area contributed by atoms with Crippen molar-refractivity contribution in [1.82, 2.24) is 9.80 Å². The van der Waals surface area contributed by atoms with E-state index in [1.807, 2.05) is 9.80 Å². The Bertz CT molecular complexity index is 479. The summed E-state index contributed by atoms with van der Waals surface area (Å²) in [5, 5.41) is 0. The van der Waals surface area contributed by atoms with Crippen LogP contribution in [0.2, 0.25) is 0 Å². The molecule has 0 spiro atoms. The molecule has 33 heavy (non-hydrogen) atoms. The minimum absolute atomic E-state index is 0.242. The molecule has 0 N–H and O–H groups in total. The van der Waals surface area contributed by atoms with E-state index in [1.165, 1.54) is 0 Å². The molecule has 10 heteroatoms. The highest BCUT2D eigenvalue weighted by Gasteiger charge is 2.15. The van der Waals surface area contributed by atoms with Crippen LogP contribution in [0.15, 0.2) is 0 Å². The molecule has 10 nitrogen and oxygen atoms in total. The Morgan fingerprint density at radius 1 is 0.455 bits per heavy atom. The average Bonchev–Trinajstić information content (AvgIpc) is 2.77. The molecule has 0 heterocycles. The summed E-state index contributed by atoms with van der Waals surface area (Å²) in [6, 6.07) is 0. The molecule has 0 aromatic heterocycles. The van der Waals surface area contributed by atoms with Crippen LogP contribution in [0.5, 0.6) is 0 Å². The van der Waals surface area contributed by atoms with Crippen molar-refractivity contribution in [3.63, 3.8) is 0 Å². The van der Waals surface area contributed by atoms with E-state index in [2.05, 4.69) is 0 Å². The summed E-state index contributed by atoms with van der Waals surface area (Å²) in [5.74, 6) is -1.10. The molecule has 0 bridgehead atoms. The van der Waals surface area contributed by atoms with Crippen LogP contribution in [0.1, 0.15) is 59.8 Å². The van der Waals surface area contributed by atoms with Gasteiger partial charge >= 0.3 is 23.9 Å². The largest absolute Gasteiger partial charge is 0.466 e. The lowest BCUT2D eigenvalue weighted by Gasteiger charge is -2.25. The van der Waals surface area contributed by atoms with Gasteiger partial charge in [0.05, 0.1) is 52.1 Å². The molecule has 0 atom stereocenters. The van der Waals surface area contributed by atoms with Gasteiger partial charge in [-0.2, -0.15) is 0 Å². The molecule has 0 saturated heterocycles. The summed E-state index contributed by atoms with van der Waals surface area (Å²) < 4.78 is 20.0. The van der Waals surface area contributed by atoms with Crippen LogP contribution in [0.25, 0.3) is 0 Å². The van der Waals surface area contributed by atoms with Gasteiger partial charge in [-0.05, 0) is 47.2 Å². The standard InChI is InChI=1S/C23H42N2O8/c1-5-30-20(26)10-16-24(17-11-21(27)31-6-2)14-9-15-25(18-12-22(28)32-7-3)19-13-23(29)33-8-4/h5-19H2,1-4H3. The Morgan fingerprint density at radius 2 is 0.697 bits per heavy atom. The maximum Gasteiger partial charge on any atom is 0.307 e. The SMILES string of the molecule is CCOC(=O)CCN(CCCN(CCC(=O)OCC)CCC(=O)OCC)CCC(=O)OCC. The van der Waals surface area contributed by atoms with Gasteiger partial charge in [-0.25, -0.2) is 0 Å². The Labute approximate surface area is 197 Å². The van der Waals surface area contributed by atoms with Crippen molar-refractivity contribution >= 4 is 23.9 Å². The van der Waals surface area contributed by atoms with E-state index >= 15 is 0 Å². The Balaban J connectivity index is 4.77. The van der Waals surface area contributed by atoms with Crippen molar-refractivity contribution in [2.24, 2.45) is 0 Å². The molecule has 0 radical (unpaired) electrons. The van der Waals surface area contributed by atoms with Crippen molar-refractivity contribution in [2.45, 2.75) is 59.8 Å². The molecular weight excluding hydrogens is 432 g/mol. The third-order valence-corrected chi connectivity index (χ3v) is 4.70. The molecule has 192 valence electrons. The third-order valence-electron chi connectivity index (χ3n) is 4.70. The predicted molar refractivity (Wildman–Crippen MR) is 122 cm³/mol. The molecule has 0 rings (SSSR count). The minimum atomic E-state index is -0.274. The number of hydrogen-bond donors (Lipinski definition) is 0. The molecule has 0 fully saturated rings. The Kier molecular flexibility index (Phi) is 19.0. The first-order valence-electron chi connectivity index (χ1n) is 11.9. The Morgan fingerprint density at radius 3 is 0.909 bits per heavy atom. The molecule has 0 amide bonds. The van der Waals surface area contributed by atoms with Gasteiger partial charge < -0.3 is 28.7 Å².